The molecule has 1 saturated heterocycles. The van der Waals surface area contributed by atoms with Crippen molar-refractivity contribution in [2.24, 2.45) is 0 Å². The molecule has 0 radical (unpaired) electrons. The Balaban J connectivity index is 1.51. The van der Waals surface area contributed by atoms with Crippen molar-refractivity contribution in [1.29, 1.82) is 0 Å². The number of hydrogen-bond donors (Lipinski definition) is 1. The summed E-state index contributed by atoms with van der Waals surface area (Å²) in [4.78, 5) is 12.1. The molecule has 0 bridgehead atoms. The Morgan fingerprint density at radius 1 is 1.15 bits per heavy atom. The van der Waals surface area contributed by atoms with Gasteiger partial charge in [-0.2, -0.15) is 0 Å². The normalized spacial score (nSPS) is 21.1. The summed E-state index contributed by atoms with van der Waals surface area (Å²) in [6.07, 6.45) is 7.00. The van der Waals surface area contributed by atoms with Crippen LogP contribution in [-0.2, 0) is 11.3 Å². The van der Waals surface area contributed by atoms with E-state index in [4.69, 9.17) is 4.74 Å². The standard InChI is InChI=1S/C16H22N2O2/c19-15(20-13-14-7-3-1-4-8-14)18-12-11-16(17-18)9-5-2-6-10-16/h1,3-4,7-8,17H,2,5-6,9-13H2. The monoisotopic (exact) mass is 274 g/mol. The molecular formula is C16H22N2O2. The van der Waals surface area contributed by atoms with Crippen molar-refractivity contribution in [2.75, 3.05) is 6.54 Å². The largest absolute Gasteiger partial charge is 0.444 e. The summed E-state index contributed by atoms with van der Waals surface area (Å²) < 4.78 is 5.37. The van der Waals surface area contributed by atoms with Gasteiger partial charge in [0.2, 0.25) is 0 Å². The SMILES string of the molecule is O=C(OCc1ccccc1)N1CCC2(CCCCC2)N1. The van der Waals surface area contributed by atoms with Crippen LogP contribution in [0.1, 0.15) is 44.1 Å². The van der Waals surface area contributed by atoms with Crippen LogP contribution in [0.2, 0.25) is 0 Å². The van der Waals surface area contributed by atoms with Gasteiger partial charge in [-0.3, -0.25) is 0 Å². The molecule has 4 nitrogen and oxygen atoms in total. The molecule has 1 amide bonds. The van der Waals surface area contributed by atoms with E-state index in [9.17, 15) is 4.79 Å². The summed E-state index contributed by atoms with van der Waals surface area (Å²) >= 11 is 0. The van der Waals surface area contributed by atoms with Crippen LogP contribution in [0.4, 0.5) is 4.79 Å². The zero-order valence-corrected chi connectivity index (χ0v) is 11.8. The van der Waals surface area contributed by atoms with E-state index in [2.05, 4.69) is 5.43 Å². The highest BCUT2D eigenvalue weighted by Crippen LogP contribution is 2.34. The van der Waals surface area contributed by atoms with Gasteiger partial charge in [0.15, 0.2) is 0 Å². The van der Waals surface area contributed by atoms with Crippen molar-refractivity contribution < 1.29 is 9.53 Å². The summed E-state index contributed by atoms with van der Waals surface area (Å²) in [7, 11) is 0. The third-order valence-electron chi connectivity index (χ3n) is 4.42. The maximum Gasteiger partial charge on any atom is 0.424 e. The summed E-state index contributed by atoms with van der Waals surface area (Å²) in [5.41, 5.74) is 4.58. The van der Waals surface area contributed by atoms with Crippen molar-refractivity contribution >= 4 is 6.09 Å². The molecule has 1 aromatic rings. The number of nitrogens with one attached hydrogen (secondary N) is 1. The van der Waals surface area contributed by atoms with Crippen molar-refractivity contribution in [3.63, 3.8) is 0 Å². The molecule has 2 fully saturated rings. The van der Waals surface area contributed by atoms with E-state index in [0.717, 1.165) is 18.5 Å². The van der Waals surface area contributed by atoms with Crippen LogP contribution >= 0.6 is 0 Å². The molecule has 0 aromatic heterocycles. The Labute approximate surface area is 120 Å². The molecule has 1 heterocycles. The molecule has 0 atom stereocenters. The predicted octanol–water partition coefficient (Wildman–Crippen LogP) is 3.24. The van der Waals surface area contributed by atoms with Gasteiger partial charge < -0.3 is 4.74 Å². The Morgan fingerprint density at radius 2 is 1.90 bits per heavy atom. The zero-order valence-electron chi connectivity index (χ0n) is 11.8. The molecule has 4 heteroatoms. The maximum absolute atomic E-state index is 12.1. The van der Waals surface area contributed by atoms with Crippen molar-refractivity contribution in [1.82, 2.24) is 10.4 Å². The molecule has 1 aliphatic carbocycles. The molecule has 1 spiro atoms. The van der Waals surface area contributed by atoms with Gasteiger partial charge >= 0.3 is 6.09 Å². The number of carbonyl (C=O) groups excluding carboxylic acids is 1. The lowest BCUT2D eigenvalue weighted by molar-refractivity contribution is 0.0769. The Hall–Kier alpha value is -1.55. The minimum Gasteiger partial charge on any atom is -0.444 e. The van der Waals surface area contributed by atoms with Gasteiger partial charge in [0.05, 0.1) is 0 Å². The molecule has 0 unspecified atom stereocenters. The molecule has 1 saturated carbocycles. The summed E-state index contributed by atoms with van der Waals surface area (Å²) in [5.74, 6) is 0. The molecule has 1 aliphatic heterocycles. The number of benzene rings is 1. The quantitative estimate of drug-likeness (QED) is 0.900. The first-order chi connectivity index (χ1) is 9.77. The first-order valence-corrected chi connectivity index (χ1v) is 7.54. The van der Waals surface area contributed by atoms with Gasteiger partial charge in [-0.15, -0.1) is 0 Å². The van der Waals surface area contributed by atoms with Gasteiger partial charge in [0.1, 0.15) is 6.61 Å². The third kappa shape index (κ3) is 2.96. The summed E-state index contributed by atoms with van der Waals surface area (Å²) in [5, 5.41) is 1.66. The van der Waals surface area contributed by atoms with Crippen LogP contribution in [0.3, 0.4) is 0 Å². The van der Waals surface area contributed by atoms with E-state index in [1.165, 1.54) is 32.1 Å². The topological polar surface area (TPSA) is 41.6 Å². The number of rotatable bonds is 2. The average Bonchev–Trinajstić information content (AvgIpc) is 2.90. The second-order valence-electron chi connectivity index (χ2n) is 5.89. The molecule has 3 rings (SSSR count). The van der Waals surface area contributed by atoms with Crippen molar-refractivity contribution in [3.05, 3.63) is 35.9 Å². The lowest BCUT2D eigenvalue weighted by Crippen LogP contribution is -2.49. The van der Waals surface area contributed by atoms with Crippen molar-refractivity contribution in [3.8, 4) is 0 Å². The molecule has 108 valence electrons. The smallest absolute Gasteiger partial charge is 0.424 e. The first-order valence-electron chi connectivity index (χ1n) is 7.54. The number of hydrogen-bond acceptors (Lipinski definition) is 3. The predicted molar refractivity (Wildman–Crippen MR) is 76.9 cm³/mol. The second kappa shape index (κ2) is 5.83. The van der Waals surface area contributed by atoms with Gasteiger partial charge in [-0.1, -0.05) is 49.6 Å². The number of ether oxygens (including phenoxy) is 1. The lowest BCUT2D eigenvalue weighted by atomic mass is 9.81. The Bertz CT molecular complexity index is 455. The Morgan fingerprint density at radius 3 is 2.65 bits per heavy atom. The number of nitrogens with zero attached hydrogens (tertiary/aromatic N) is 1. The van der Waals surface area contributed by atoms with Crippen LogP contribution in [0.25, 0.3) is 0 Å². The number of hydrazine groups is 1. The second-order valence-corrected chi connectivity index (χ2v) is 5.89. The van der Waals surface area contributed by atoms with Crippen LogP contribution < -0.4 is 5.43 Å². The highest BCUT2D eigenvalue weighted by atomic mass is 16.6. The number of carbonyl (C=O) groups is 1. The van der Waals surface area contributed by atoms with Crippen LogP contribution in [-0.4, -0.2) is 23.2 Å². The molecular weight excluding hydrogens is 252 g/mol. The highest BCUT2D eigenvalue weighted by Gasteiger charge is 2.40. The fourth-order valence-corrected chi connectivity index (χ4v) is 3.25. The maximum atomic E-state index is 12.1. The third-order valence-corrected chi connectivity index (χ3v) is 4.42. The minimum absolute atomic E-state index is 0.157. The summed E-state index contributed by atoms with van der Waals surface area (Å²) in [6, 6.07) is 9.80. The van der Waals surface area contributed by atoms with Crippen LogP contribution in [0.5, 0.6) is 0 Å². The van der Waals surface area contributed by atoms with Crippen LogP contribution in [0, 0.1) is 0 Å². The van der Waals surface area contributed by atoms with E-state index in [0.29, 0.717) is 6.61 Å². The molecule has 2 aliphatic rings. The number of amides is 1. The lowest BCUT2D eigenvalue weighted by Gasteiger charge is -2.33. The summed E-state index contributed by atoms with van der Waals surface area (Å²) in [6.45, 7) is 1.10. The minimum atomic E-state index is -0.253. The van der Waals surface area contributed by atoms with E-state index < -0.39 is 0 Å². The van der Waals surface area contributed by atoms with Gasteiger partial charge in [0, 0.05) is 12.1 Å². The van der Waals surface area contributed by atoms with Gasteiger partial charge in [-0.25, -0.2) is 15.2 Å². The fourth-order valence-electron chi connectivity index (χ4n) is 3.25. The first kappa shape index (κ1) is 13.4. The van der Waals surface area contributed by atoms with Crippen LogP contribution in [0.15, 0.2) is 30.3 Å². The fraction of sp³-hybridized carbons (Fsp3) is 0.562. The molecule has 1 aromatic carbocycles. The van der Waals surface area contributed by atoms with E-state index >= 15 is 0 Å². The van der Waals surface area contributed by atoms with E-state index in [1.807, 2.05) is 30.3 Å². The van der Waals surface area contributed by atoms with E-state index in [1.54, 1.807) is 5.01 Å². The van der Waals surface area contributed by atoms with E-state index in [-0.39, 0.29) is 11.6 Å². The highest BCUT2D eigenvalue weighted by molar-refractivity contribution is 5.67. The van der Waals surface area contributed by atoms with Gasteiger partial charge in [0.25, 0.3) is 0 Å². The van der Waals surface area contributed by atoms with Crippen molar-refractivity contribution in [2.45, 2.75) is 50.7 Å². The zero-order chi connectivity index (χ0) is 13.8. The molecule has 1 N–H and O–H groups in total. The van der Waals surface area contributed by atoms with Gasteiger partial charge in [-0.05, 0) is 24.8 Å². The molecule has 20 heavy (non-hydrogen) atoms. The average molecular weight is 274 g/mol. The Kier molecular flexibility index (Phi) is 3.92.